The Morgan fingerprint density at radius 2 is 1.42 bits per heavy atom. The first-order chi connectivity index (χ1) is 11.4. The Labute approximate surface area is 149 Å². The van der Waals surface area contributed by atoms with Gasteiger partial charge in [-0.05, 0) is 24.6 Å². The molecule has 0 bridgehead atoms. The largest absolute Gasteiger partial charge is 0.519 e. The van der Waals surface area contributed by atoms with Gasteiger partial charge in [0.2, 0.25) is 0 Å². The predicted molar refractivity (Wildman–Crippen MR) is 101 cm³/mol. The van der Waals surface area contributed by atoms with Crippen molar-refractivity contribution in [3.8, 4) is 0 Å². The Kier molecular flexibility index (Phi) is 12.6. The van der Waals surface area contributed by atoms with Crippen LogP contribution in [0.1, 0.15) is 72.6 Å². The van der Waals surface area contributed by atoms with E-state index in [9.17, 15) is 9.59 Å². The molecule has 0 spiro atoms. The van der Waals surface area contributed by atoms with Crippen molar-refractivity contribution in [1.82, 2.24) is 0 Å². The number of carbonyl (C=O) groups excluding carboxylic acids is 2. The minimum atomic E-state index is -2.04. The van der Waals surface area contributed by atoms with Crippen molar-refractivity contribution in [2.24, 2.45) is 0 Å². The molecular formula is C19H36O4Si. The summed E-state index contributed by atoms with van der Waals surface area (Å²) in [6, 6.07) is 2.98. The molecule has 0 saturated carbocycles. The summed E-state index contributed by atoms with van der Waals surface area (Å²) >= 11 is 0. The molecule has 0 heterocycles. The summed E-state index contributed by atoms with van der Waals surface area (Å²) in [6.45, 7) is 12.6. The minimum Gasteiger partial charge on any atom is -0.519 e. The SMILES string of the molecule is C=C(CC(=O)O[Si](CCC)(CCC)CCC)C(=O)OCCCCC. The first-order valence-electron chi connectivity index (χ1n) is 9.51. The highest BCUT2D eigenvalue weighted by Crippen LogP contribution is 2.28. The van der Waals surface area contributed by atoms with Gasteiger partial charge in [0.15, 0.2) is 0 Å². The maximum atomic E-state index is 12.3. The van der Waals surface area contributed by atoms with Crippen molar-refractivity contribution in [3.63, 3.8) is 0 Å². The van der Waals surface area contributed by atoms with E-state index in [-0.39, 0.29) is 18.0 Å². The van der Waals surface area contributed by atoms with Crippen LogP contribution in [-0.4, -0.2) is 26.9 Å². The quantitative estimate of drug-likeness (QED) is 0.181. The molecule has 0 fully saturated rings. The molecule has 0 aliphatic carbocycles. The highest BCUT2D eigenvalue weighted by atomic mass is 28.4. The average Bonchev–Trinajstić information content (AvgIpc) is 2.51. The van der Waals surface area contributed by atoms with Crippen LogP contribution in [0, 0.1) is 0 Å². The molecule has 0 aromatic heterocycles. The second-order valence-corrected chi connectivity index (χ2v) is 10.6. The summed E-state index contributed by atoms with van der Waals surface area (Å²) in [6.07, 6.45) is 5.97. The van der Waals surface area contributed by atoms with E-state index >= 15 is 0 Å². The van der Waals surface area contributed by atoms with Crippen LogP contribution < -0.4 is 0 Å². The van der Waals surface area contributed by atoms with Crippen LogP contribution in [0.15, 0.2) is 12.2 Å². The molecule has 0 rings (SSSR count). The minimum absolute atomic E-state index is 0.0570. The lowest BCUT2D eigenvalue weighted by atomic mass is 10.2. The van der Waals surface area contributed by atoms with Crippen molar-refractivity contribution in [2.45, 2.75) is 90.8 Å². The standard InChI is InChI=1S/C19H36O4Si/c1-6-10-11-12-22-19(21)17(5)16-18(20)23-24(13-7-2,14-8-3)15-9-4/h5-16H2,1-4H3. The molecule has 24 heavy (non-hydrogen) atoms. The second-order valence-electron chi connectivity index (χ2n) is 6.53. The normalized spacial score (nSPS) is 11.2. The lowest BCUT2D eigenvalue weighted by Crippen LogP contribution is -2.40. The van der Waals surface area contributed by atoms with Crippen molar-refractivity contribution in [3.05, 3.63) is 12.2 Å². The zero-order chi connectivity index (χ0) is 18.4. The van der Waals surface area contributed by atoms with E-state index in [0.29, 0.717) is 6.61 Å². The summed E-state index contributed by atoms with van der Waals surface area (Å²) in [7, 11) is -2.04. The molecule has 0 amide bonds. The monoisotopic (exact) mass is 356 g/mol. The summed E-state index contributed by atoms with van der Waals surface area (Å²) in [4.78, 5) is 24.2. The number of unbranched alkanes of at least 4 members (excludes halogenated alkanes) is 2. The highest BCUT2D eigenvalue weighted by Gasteiger charge is 2.36. The molecule has 0 aromatic rings. The van der Waals surface area contributed by atoms with Crippen LogP contribution in [0.4, 0.5) is 0 Å². The van der Waals surface area contributed by atoms with Gasteiger partial charge in [0.1, 0.15) is 0 Å². The fourth-order valence-electron chi connectivity index (χ4n) is 3.04. The summed E-state index contributed by atoms with van der Waals surface area (Å²) in [5.74, 6) is -0.788. The van der Waals surface area contributed by atoms with Crippen molar-refractivity contribution in [2.75, 3.05) is 6.61 Å². The van der Waals surface area contributed by atoms with Crippen molar-refractivity contribution >= 4 is 20.3 Å². The van der Waals surface area contributed by atoms with E-state index in [1.807, 2.05) is 0 Å². The number of ether oxygens (including phenoxy) is 1. The molecule has 4 nitrogen and oxygen atoms in total. The number of hydrogen-bond acceptors (Lipinski definition) is 4. The third-order valence-corrected chi connectivity index (χ3v) is 8.97. The first kappa shape index (κ1) is 22.9. The van der Waals surface area contributed by atoms with Crippen molar-refractivity contribution in [1.29, 1.82) is 0 Å². The third-order valence-electron chi connectivity index (χ3n) is 4.07. The number of esters is 1. The molecule has 0 aliphatic heterocycles. The van der Waals surface area contributed by atoms with Gasteiger partial charge in [0.25, 0.3) is 14.3 Å². The zero-order valence-electron chi connectivity index (χ0n) is 16.1. The Morgan fingerprint density at radius 3 is 1.88 bits per heavy atom. The fraction of sp³-hybridized carbons (Fsp3) is 0.789. The second kappa shape index (κ2) is 13.2. The first-order valence-corrected chi connectivity index (χ1v) is 12.0. The van der Waals surface area contributed by atoms with Gasteiger partial charge < -0.3 is 9.16 Å². The van der Waals surface area contributed by atoms with Crippen LogP contribution in [0.25, 0.3) is 0 Å². The Bertz CT molecular complexity index is 376. The van der Waals surface area contributed by atoms with Gasteiger partial charge in [-0.15, -0.1) is 0 Å². The molecule has 0 saturated heterocycles. The smallest absolute Gasteiger partial charge is 0.333 e. The molecule has 5 heteroatoms. The molecule has 0 atom stereocenters. The van der Waals surface area contributed by atoms with Gasteiger partial charge >= 0.3 is 5.97 Å². The van der Waals surface area contributed by atoms with Crippen LogP contribution in [-0.2, 0) is 18.8 Å². The number of hydrogen-bond donors (Lipinski definition) is 0. The molecule has 0 unspecified atom stereocenters. The van der Waals surface area contributed by atoms with E-state index in [1.165, 1.54) is 0 Å². The predicted octanol–water partition coefficient (Wildman–Crippen LogP) is 5.38. The van der Waals surface area contributed by atoms with Crippen LogP contribution >= 0.6 is 0 Å². The zero-order valence-corrected chi connectivity index (χ0v) is 17.1. The van der Waals surface area contributed by atoms with E-state index in [2.05, 4.69) is 34.3 Å². The Morgan fingerprint density at radius 1 is 0.875 bits per heavy atom. The molecule has 0 radical (unpaired) electrons. The van der Waals surface area contributed by atoms with Crippen LogP contribution in [0.2, 0.25) is 18.1 Å². The van der Waals surface area contributed by atoms with Gasteiger partial charge in [-0.3, -0.25) is 4.79 Å². The molecule has 140 valence electrons. The number of carbonyl (C=O) groups is 2. The Balaban J connectivity index is 4.54. The van der Waals surface area contributed by atoms with Crippen LogP contribution in [0.3, 0.4) is 0 Å². The van der Waals surface area contributed by atoms with E-state index in [1.54, 1.807) is 0 Å². The number of rotatable bonds is 14. The maximum Gasteiger partial charge on any atom is 0.333 e. The highest BCUT2D eigenvalue weighted by molar-refractivity contribution is 6.75. The van der Waals surface area contributed by atoms with E-state index in [4.69, 9.17) is 9.16 Å². The summed E-state index contributed by atoms with van der Waals surface area (Å²) in [5.41, 5.74) is 0.198. The van der Waals surface area contributed by atoms with Gasteiger partial charge in [0.05, 0.1) is 13.0 Å². The maximum absolute atomic E-state index is 12.3. The van der Waals surface area contributed by atoms with E-state index in [0.717, 1.165) is 56.7 Å². The third kappa shape index (κ3) is 9.26. The van der Waals surface area contributed by atoms with Gasteiger partial charge in [-0.1, -0.05) is 66.4 Å². The Hall–Kier alpha value is -1.10. The lowest BCUT2D eigenvalue weighted by molar-refractivity contribution is -0.142. The molecular weight excluding hydrogens is 320 g/mol. The molecule has 0 N–H and O–H groups in total. The molecule has 0 aliphatic rings. The average molecular weight is 357 g/mol. The summed E-state index contributed by atoms with van der Waals surface area (Å²) < 4.78 is 11.1. The van der Waals surface area contributed by atoms with Gasteiger partial charge in [0, 0.05) is 5.57 Å². The van der Waals surface area contributed by atoms with E-state index < -0.39 is 14.3 Å². The van der Waals surface area contributed by atoms with Crippen molar-refractivity contribution < 1.29 is 18.8 Å². The van der Waals surface area contributed by atoms with Crippen LogP contribution in [0.5, 0.6) is 0 Å². The fourth-order valence-corrected chi connectivity index (χ4v) is 7.38. The topological polar surface area (TPSA) is 52.6 Å². The van der Waals surface area contributed by atoms with Gasteiger partial charge in [-0.25, -0.2) is 4.79 Å². The van der Waals surface area contributed by atoms with Gasteiger partial charge in [-0.2, -0.15) is 0 Å². The summed E-state index contributed by atoms with van der Waals surface area (Å²) in [5, 5.41) is 0. The molecule has 0 aromatic carbocycles. The lowest BCUT2D eigenvalue weighted by Gasteiger charge is -2.30.